The molecular formula is C17H19F3N4O5. The number of carbonyl (C=O) groups excluding carboxylic acids is 2. The lowest BCUT2D eigenvalue weighted by atomic mass is 9.90. The Morgan fingerprint density at radius 2 is 1.97 bits per heavy atom. The minimum absolute atomic E-state index is 0.214. The van der Waals surface area contributed by atoms with Gasteiger partial charge in [0, 0.05) is 6.07 Å². The van der Waals surface area contributed by atoms with Crippen LogP contribution in [0, 0.1) is 27.4 Å². The van der Waals surface area contributed by atoms with Gasteiger partial charge in [-0.3, -0.25) is 19.7 Å². The van der Waals surface area contributed by atoms with E-state index in [1.165, 1.54) is 6.92 Å². The van der Waals surface area contributed by atoms with Gasteiger partial charge in [-0.25, -0.2) is 0 Å². The van der Waals surface area contributed by atoms with E-state index in [2.05, 4.69) is 10.6 Å². The van der Waals surface area contributed by atoms with Crippen LogP contribution in [0.3, 0.4) is 0 Å². The van der Waals surface area contributed by atoms with E-state index < -0.39 is 52.9 Å². The highest BCUT2D eigenvalue weighted by atomic mass is 19.4. The fourth-order valence-electron chi connectivity index (χ4n) is 2.00. The zero-order valence-electron chi connectivity index (χ0n) is 15.8. The SMILES string of the molecule is CC(C)[C@](C)(C#N)NC(=O)COC(=O)CNc1ccc(C(F)(F)F)cc1[N+](=O)[O-]. The highest BCUT2D eigenvalue weighted by Gasteiger charge is 2.33. The van der Waals surface area contributed by atoms with Crippen molar-refractivity contribution in [1.82, 2.24) is 5.32 Å². The maximum Gasteiger partial charge on any atom is 0.416 e. The minimum atomic E-state index is -4.76. The Balaban J connectivity index is 2.68. The highest BCUT2D eigenvalue weighted by Crippen LogP contribution is 2.34. The lowest BCUT2D eigenvalue weighted by Crippen LogP contribution is -2.50. The number of alkyl halides is 3. The monoisotopic (exact) mass is 416 g/mol. The van der Waals surface area contributed by atoms with Gasteiger partial charge in [-0.2, -0.15) is 18.4 Å². The summed E-state index contributed by atoms with van der Waals surface area (Å²) in [5, 5.41) is 24.8. The van der Waals surface area contributed by atoms with Gasteiger partial charge in [-0.1, -0.05) is 13.8 Å². The van der Waals surface area contributed by atoms with Crippen molar-refractivity contribution in [3.05, 3.63) is 33.9 Å². The number of nitrogens with zero attached hydrogens (tertiary/aromatic N) is 2. The molecule has 0 saturated heterocycles. The van der Waals surface area contributed by atoms with Crippen molar-refractivity contribution in [3.63, 3.8) is 0 Å². The number of nitrogens with one attached hydrogen (secondary N) is 2. The number of carbonyl (C=O) groups is 2. The lowest BCUT2D eigenvalue weighted by Gasteiger charge is -2.27. The standard InChI is InChI=1S/C17H19F3N4O5/c1-10(2)16(3,9-21)23-14(25)8-29-15(26)7-22-12-5-4-11(17(18,19)20)6-13(12)24(27)28/h4-6,10,22H,7-8H2,1-3H3,(H,23,25)/t16-/m0/s1. The van der Waals surface area contributed by atoms with E-state index in [9.17, 15) is 32.9 Å². The van der Waals surface area contributed by atoms with Gasteiger partial charge in [-0.15, -0.1) is 0 Å². The van der Waals surface area contributed by atoms with E-state index >= 15 is 0 Å². The summed E-state index contributed by atoms with van der Waals surface area (Å²) in [7, 11) is 0. The summed E-state index contributed by atoms with van der Waals surface area (Å²) in [5.41, 5.74) is -3.56. The van der Waals surface area contributed by atoms with Gasteiger partial charge in [0.25, 0.3) is 11.6 Å². The number of hydrogen-bond donors (Lipinski definition) is 2. The molecule has 29 heavy (non-hydrogen) atoms. The normalized spacial score (nSPS) is 13.2. The molecule has 0 saturated carbocycles. The van der Waals surface area contributed by atoms with Crippen LogP contribution in [0.15, 0.2) is 18.2 Å². The van der Waals surface area contributed by atoms with Gasteiger partial charge in [0.1, 0.15) is 17.8 Å². The second-order valence-corrected chi connectivity index (χ2v) is 6.52. The van der Waals surface area contributed by atoms with Crippen molar-refractivity contribution in [2.75, 3.05) is 18.5 Å². The Hall–Kier alpha value is -3.36. The van der Waals surface area contributed by atoms with Crippen molar-refractivity contribution >= 4 is 23.3 Å². The molecule has 0 aromatic heterocycles. The Morgan fingerprint density at radius 3 is 2.45 bits per heavy atom. The Morgan fingerprint density at radius 1 is 1.34 bits per heavy atom. The Labute approximate surface area is 164 Å². The number of amides is 1. The number of benzene rings is 1. The average Bonchev–Trinajstić information content (AvgIpc) is 2.63. The van der Waals surface area contributed by atoms with Crippen molar-refractivity contribution in [2.24, 2.45) is 5.92 Å². The number of anilines is 1. The predicted molar refractivity (Wildman–Crippen MR) is 94.5 cm³/mol. The van der Waals surface area contributed by atoms with Crippen LogP contribution in [-0.2, 0) is 20.5 Å². The molecule has 158 valence electrons. The predicted octanol–water partition coefficient (Wildman–Crippen LogP) is 2.62. The molecule has 12 heteroatoms. The lowest BCUT2D eigenvalue weighted by molar-refractivity contribution is -0.384. The summed E-state index contributed by atoms with van der Waals surface area (Å²) in [6.07, 6.45) is -4.76. The highest BCUT2D eigenvalue weighted by molar-refractivity contribution is 5.83. The van der Waals surface area contributed by atoms with E-state index in [-0.39, 0.29) is 11.6 Å². The van der Waals surface area contributed by atoms with Crippen LogP contribution in [0.4, 0.5) is 24.5 Å². The fraction of sp³-hybridized carbons (Fsp3) is 0.471. The van der Waals surface area contributed by atoms with E-state index in [1.54, 1.807) is 13.8 Å². The summed E-state index contributed by atoms with van der Waals surface area (Å²) >= 11 is 0. The summed E-state index contributed by atoms with van der Waals surface area (Å²) < 4.78 is 42.7. The van der Waals surface area contributed by atoms with Crippen LogP contribution in [0.25, 0.3) is 0 Å². The Bertz CT molecular complexity index is 835. The molecule has 1 rings (SSSR count). The molecule has 0 aliphatic heterocycles. The second-order valence-electron chi connectivity index (χ2n) is 6.52. The van der Waals surface area contributed by atoms with Gasteiger partial charge in [0.15, 0.2) is 6.61 Å². The maximum absolute atomic E-state index is 12.7. The molecule has 0 aliphatic rings. The van der Waals surface area contributed by atoms with E-state index in [0.717, 1.165) is 6.07 Å². The molecule has 0 bridgehead atoms. The van der Waals surface area contributed by atoms with Crippen LogP contribution >= 0.6 is 0 Å². The van der Waals surface area contributed by atoms with Crippen LogP contribution in [0.5, 0.6) is 0 Å². The molecule has 1 amide bonds. The second kappa shape index (κ2) is 9.22. The Kier molecular flexibility index (Phi) is 7.53. The van der Waals surface area contributed by atoms with E-state index in [1.807, 2.05) is 6.07 Å². The number of nitriles is 1. The summed E-state index contributed by atoms with van der Waals surface area (Å²) in [6, 6.07) is 3.74. The first-order valence-corrected chi connectivity index (χ1v) is 8.27. The average molecular weight is 416 g/mol. The molecule has 9 nitrogen and oxygen atoms in total. The van der Waals surface area contributed by atoms with Gasteiger partial charge in [0.05, 0.1) is 16.6 Å². The molecule has 0 aliphatic carbocycles. The zero-order chi connectivity index (χ0) is 22.4. The van der Waals surface area contributed by atoms with Crippen molar-refractivity contribution in [1.29, 1.82) is 5.26 Å². The summed E-state index contributed by atoms with van der Waals surface area (Å²) in [4.78, 5) is 33.5. The summed E-state index contributed by atoms with van der Waals surface area (Å²) in [6.45, 7) is 3.62. The molecule has 2 N–H and O–H groups in total. The molecule has 0 radical (unpaired) electrons. The maximum atomic E-state index is 12.7. The fourth-order valence-corrected chi connectivity index (χ4v) is 2.00. The van der Waals surface area contributed by atoms with Gasteiger partial charge in [-0.05, 0) is 25.0 Å². The number of nitro benzene ring substituents is 1. The van der Waals surface area contributed by atoms with Gasteiger partial charge >= 0.3 is 12.1 Å². The molecule has 1 aromatic carbocycles. The number of ether oxygens (including phenoxy) is 1. The first kappa shape index (κ1) is 23.7. The molecule has 0 unspecified atom stereocenters. The van der Waals surface area contributed by atoms with Crippen LogP contribution in [-0.4, -0.2) is 35.5 Å². The number of halogens is 3. The van der Waals surface area contributed by atoms with Crippen LogP contribution in [0.1, 0.15) is 26.3 Å². The summed E-state index contributed by atoms with van der Waals surface area (Å²) in [5.74, 6) is -1.91. The van der Waals surface area contributed by atoms with Gasteiger partial charge in [0.2, 0.25) is 0 Å². The molecule has 0 heterocycles. The van der Waals surface area contributed by atoms with E-state index in [4.69, 9.17) is 10.00 Å². The number of nitro groups is 1. The van der Waals surface area contributed by atoms with Crippen LogP contribution < -0.4 is 10.6 Å². The molecule has 1 aromatic rings. The third-order valence-electron chi connectivity index (χ3n) is 4.10. The number of esters is 1. The number of hydrogen-bond acceptors (Lipinski definition) is 7. The first-order chi connectivity index (χ1) is 13.3. The van der Waals surface area contributed by atoms with E-state index in [0.29, 0.717) is 12.1 Å². The molecule has 1 atom stereocenters. The van der Waals surface area contributed by atoms with Crippen molar-refractivity contribution < 1.29 is 32.4 Å². The molecule has 0 spiro atoms. The van der Waals surface area contributed by atoms with Crippen LogP contribution in [0.2, 0.25) is 0 Å². The zero-order valence-corrected chi connectivity index (χ0v) is 15.8. The topological polar surface area (TPSA) is 134 Å². The third kappa shape index (κ3) is 6.63. The van der Waals surface area contributed by atoms with Gasteiger partial charge < -0.3 is 15.4 Å². The van der Waals surface area contributed by atoms with Crippen molar-refractivity contribution in [2.45, 2.75) is 32.5 Å². The first-order valence-electron chi connectivity index (χ1n) is 8.27. The minimum Gasteiger partial charge on any atom is -0.454 e. The van der Waals surface area contributed by atoms with Crippen molar-refractivity contribution in [3.8, 4) is 6.07 Å². The third-order valence-corrected chi connectivity index (χ3v) is 4.10. The molecule has 0 fully saturated rings. The largest absolute Gasteiger partial charge is 0.454 e. The number of rotatable bonds is 8. The smallest absolute Gasteiger partial charge is 0.416 e. The molecular weight excluding hydrogens is 397 g/mol. The quantitative estimate of drug-likeness (QED) is 0.378.